The predicted octanol–water partition coefficient (Wildman–Crippen LogP) is 3.84. The molecule has 1 atom stereocenters. The number of methoxy groups -OCH3 is 2. The van der Waals surface area contributed by atoms with E-state index >= 15 is 0 Å². The number of ether oxygens (including phenoxy) is 2. The molecule has 1 aliphatic rings. The second-order valence-electron chi connectivity index (χ2n) is 5.68. The highest BCUT2D eigenvalue weighted by atomic mass is 16.5. The van der Waals surface area contributed by atoms with Gasteiger partial charge >= 0.3 is 5.97 Å². The molecule has 116 valence electrons. The van der Waals surface area contributed by atoms with Crippen LogP contribution in [0, 0.1) is 5.92 Å². The minimum Gasteiger partial charge on any atom is -0.493 e. The van der Waals surface area contributed by atoms with Gasteiger partial charge in [-0.2, -0.15) is 0 Å². The fourth-order valence-electron chi connectivity index (χ4n) is 3.31. The number of aliphatic carboxylic acids is 1. The number of rotatable bonds is 5. The molecule has 1 fully saturated rings. The van der Waals surface area contributed by atoms with Gasteiger partial charge in [-0.15, -0.1) is 0 Å². The van der Waals surface area contributed by atoms with Crippen LogP contribution in [-0.4, -0.2) is 25.3 Å². The van der Waals surface area contributed by atoms with Crippen LogP contribution in [0.1, 0.15) is 50.0 Å². The van der Waals surface area contributed by atoms with E-state index in [2.05, 4.69) is 0 Å². The molecule has 1 saturated carbocycles. The molecule has 0 spiro atoms. The molecule has 0 bridgehead atoms. The minimum absolute atomic E-state index is 0.211. The van der Waals surface area contributed by atoms with Crippen molar-refractivity contribution in [1.82, 2.24) is 0 Å². The van der Waals surface area contributed by atoms with Crippen molar-refractivity contribution in [3.63, 3.8) is 0 Å². The van der Waals surface area contributed by atoms with Crippen molar-refractivity contribution in [3.05, 3.63) is 23.8 Å². The SMILES string of the molecule is COc1ccc(C(C(=O)O)C2CCCCCC2)cc1OC. The Morgan fingerprint density at radius 2 is 1.71 bits per heavy atom. The summed E-state index contributed by atoms with van der Waals surface area (Å²) in [6, 6.07) is 5.45. The van der Waals surface area contributed by atoms with Crippen LogP contribution >= 0.6 is 0 Å². The maximum atomic E-state index is 11.8. The van der Waals surface area contributed by atoms with Gasteiger partial charge in [-0.25, -0.2) is 0 Å². The molecule has 0 radical (unpaired) electrons. The summed E-state index contributed by atoms with van der Waals surface area (Å²) in [6.07, 6.45) is 6.67. The second kappa shape index (κ2) is 7.34. The molecule has 1 aromatic rings. The summed E-state index contributed by atoms with van der Waals surface area (Å²) in [5.74, 6) is 0.237. The fourth-order valence-corrected chi connectivity index (χ4v) is 3.31. The van der Waals surface area contributed by atoms with Crippen LogP contribution in [0.3, 0.4) is 0 Å². The summed E-state index contributed by atoms with van der Waals surface area (Å²) < 4.78 is 10.5. The lowest BCUT2D eigenvalue weighted by Crippen LogP contribution is -2.21. The first-order valence-electron chi connectivity index (χ1n) is 7.62. The second-order valence-corrected chi connectivity index (χ2v) is 5.68. The van der Waals surface area contributed by atoms with Crippen LogP contribution in [-0.2, 0) is 4.79 Å². The quantitative estimate of drug-likeness (QED) is 0.838. The molecule has 4 nitrogen and oxygen atoms in total. The van der Waals surface area contributed by atoms with Crippen LogP contribution < -0.4 is 9.47 Å². The molecule has 0 aliphatic heterocycles. The Morgan fingerprint density at radius 1 is 1.10 bits per heavy atom. The third-order valence-corrected chi connectivity index (χ3v) is 4.40. The van der Waals surface area contributed by atoms with Crippen LogP contribution in [0.25, 0.3) is 0 Å². The van der Waals surface area contributed by atoms with Crippen LogP contribution in [0.5, 0.6) is 11.5 Å². The van der Waals surface area contributed by atoms with Gasteiger partial charge in [-0.3, -0.25) is 4.79 Å². The van der Waals surface area contributed by atoms with Crippen LogP contribution in [0.4, 0.5) is 0 Å². The zero-order valence-corrected chi connectivity index (χ0v) is 12.8. The minimum atomic E-state index is -0.742. The maximum absolute atomic E-state index is 11.8. The molecule has 4 heteroatoms. The van der Waals surface area contributed by atoms with Gasteiger partial charge in [-0.05, 0) is 36.5 Å². The molecule has 2 rings (SSSR count). The first kappa shape index (κ1) is 15.7. The highest BCUT2D eigenvalue weighted by molar-refractivity contribution is 5.77. The standard InChI is InChI=1S/C17H24O4/c1-20-14-10-9-13(11-15(14)21-2)16(17(18)19)12-7-5-3-4-6-8-12/h9-12,16H,3-8H2,1-2H3,(H,18,19). The molecule has 21 heavy (non-hydrogen) atoms. The Balaban J connectivity index is 2.31. The van der Waals surface area contributed by atoms with E-state index in [-0.39, 0.29) is 5.92 Å². The van der Waals surface area contributed by atoms with Crippen LogP contribution in [0.2, 0.25) is 0 Å². The first-order valence-corrected chi connectivity index (χ1v) is 7.62. The Kier molecular flexibility index (Phi) is 5.48. The maximum Gasteiger partial charge on any atom is 0.311 e. The van der Waals surface area contributed by atoms with Crippen molar-refractivity contribution < 1.29 is 19.4 Å². The van der Waals surface area contributed by atoms with E-state index in [9.17, 15) is 9.90 Å². The number of carbonyl (C=O) groups is 1. The number of benzene rings is 1. The molecule has 0 heterocycles. The summed E-state index contributed by atoms with van der Waals surface area (Å²) in [6.45, 7) is 0. The third-order valence-electron chi connectivity index (χ3n) is 4.40. The Labute approximate surface area is 126 Å². The topological polar surface area (TPSA) is 55.8 Å². The number of hydrogen-bond acceptors (Lipinski definition) is 3. The highest BCUT2D eigenvalue weighted by Gasteiger charge is 2.30. The summed E-state index contributed by atoms with van der Waals surface area (Å²) in [7, 11) is 3.15. The summed E-state index contributed by atoms with van der Waals surface area (Å²) in [5.41, 5.74) is 0.812. The van der Waals surface area contributed by atoms with Gasteiger partial charge in [-0.1, -0.05) is 31.7 Å². The lowest BCUT2D eigenvalue weighted by Gasteiger charge is -2.23. The lowest BCUT2D eigenvalue weighted by molar-refractivity contribution is -0.140. The van der Waals surface area contributed by atoms with Gasteiger partial charge in [0.25, 0.3) is 0 Å². The summed E-state index contributed by atoms with van der Waals surface area (Å²) in [4.78, 5) is 11.8. The largest absolute Gasteiger partial charge is 0.493 e. The zero-order valence-electron chi connectivity index (χ0n) is 12.8. The van der Waals surface area contributed by atoms with Crippen molar-refractivity contribution in [2.45, 2.75) is 44.4 Å². The average Bonchev–Trinajstić information content (AvgIpc) is 2.76. The number of carboxylic acid groups (broad SMARTS) is 1. The van der Waals surface area contributed by atoms with Gasteiger partial charge in [0.2, 0.25) is 0 Å². The lowest BCUT2D eigenvalue weighted by atomic mass is 9.81. The van der Waals surface area contributed by atoms with Crippen molar-refractivity contribution in [2.24, 2.45) is 5.92 Å². The average molecular weight is 292 g/mol. The van der Waals surface area contributed by atoms with E-state index in [4.69, 9.17) is 9.47 Å². The van der Waals surface area contributed by atoms with E-state index in [1.807, 2.05) is 12.1 Å². The summed E-state index contributed by atoms with van der Waals surface area (Å²) >= 11 is 0. The molecule has 0 amide bonds. The van der Waals surface area contributed by atoms with E-state index in [1.54, 1.807) is 20.3 Å². The molecule has 0 saturated heterocycles. The van der Waals surface area contributed by atoms with E-state index in [1.165, 1.54) is 12.8 Å². The van der Waals surface area contributed by atoms with Gasteiger partial charge in [0.1, 0.15) is 0 Å². The monoisotopic (exact) mass is 292 g/mol. The first-order chi connectivity index (χ1) is 10.2. The fraction of sp³-hybridized carbons (Fsp3) is 0.588. The predicted molar refractivity (Wildman–Crippen MR) is 81.1 cm³/mol. The van der Waals surface area contributed by atoms with E-state index < -0.39 is 11.9 Å². The van der Waals surface area contributed by atoms with Gasteiger partial charge in [0, 0.05) is 0 Å². The molecule has 0 aromatic heterocycles. The normalized spacial score (nSPS) is 17.8. The van der Waals surface area contributed by atoms with E-state index in [0.29, 0.717) is 11.5 Å². The van der Waals surface area contributed by atoms with Crippen LogP contribution in [0.15, 0.2) is 18.2 Å². The van der Waals surface area contributed by atoms with Gasteiger partial charge < -0.3 is 14.6 Å². The number of hydrogen-bond donors (Lipinski definition) is 1. The molecule has 1 N–H and O–H groups in total. The molecular weight excluding hydrogens is 268 g/mol. The van der Waals surface area contributed by atoms with Crippen molar-refractivity contribution in [3.8, 4) is 11.5 Å². The highest BCUT2D eigenvalue weighted by Crippen LogP contribution is 2.38. The van der Waals surface area contributed by atoms with Gasteiger partial charge in [0.15, 0.2) is 11.5 Å². The molecule has 1 unspecified atom stereocenters. The van der Waals surface area contributed by atoms with Crippen molar-refractivity contribution in [1.29, 1.82) is 0 Å². The third kappa shape index (κ3) is 3.69. The smallest absolute Gasteiger partial charge is 0.311 e. The Morgan fingerprint density at radius 3 is 2.24 bits per heavy atom. The Hall–Kier alpha value is -1.71. The zero-order chi connectivity index (χ0) is 15.2. The van der Waals surface area contributed by atoms with Crippen molar-refractivity contribution in [2.75, 3.05) is 14.2 Å². The molecule has 1 aliphatic carbocycles. The van der Waals surface area contributed by atoms with Crippen molar-refractivity contribution >= 4 is 5.97 Å². The summed E-state index contributed by atoms with van der Waals surface area (Å²) in [5, 5.41) is 9.69. The number of carboxylic acids is 1. The molecule has 1 aromatic carbocycles. The van der Waals surface area contributed by atoms with E-state index in [0.717, 1.165) is 31.2 Å². The van der Waals surface area contributed by atoms with Gasteiger partial charge in [0.05, 0.1) is 20.1 Å². The molecular formula is C17H24O4. The Bertz CT molecular complexity index is 476.